The molecule has 4 aliphatic rings. The first-order valence-electron chi connectivity index (χ1n) is 16.6. The summed E-state index contributed by atoms with van der Waals surface area (Å²) in [5.74, 6) is 3.69. The first-order valence-corrected chi connectivity index (χ1v) is 16.6. The Labute approximate surface area is 239 Å². The molecule has 39 heavy (non-hydrogen) atoms. The third-order valence-corrected chi connectivity index (χ3v) is 12.2. The highest BCUT2D eigenvalue weighted by Gasteiger charge is 2.63. The molecule has 0 radical (unpaired) electrons. The zero-order valence-electron chi connectivity index (χ0n) is 25.9. The standard InChI is InChI=1S/C33H61N3O3/c1-22(2)39-31(38)13-8-23(3)27-11-12-28-26-10-9-24-20-25(36-19-7-18-35-17-6-16-34)14-15-32(24,4)29(26)21-30(37)33(27,28)5/h22-30,35-37H,6-21,34H2,1-5H3/t23-,24?,25+,26?,27?,28?,29?,30+,32+,33-/m1/s1. The lowest BCUT2D eigenvalue weighted by atomic mass is 9.43. The molecule has 0 aliphatic heterocycles. The van der Waals surface area contributed by atoms with Crippen molar-refractivity contribution in [3.63, 3.8) is 0 Å². The summed E-state index contributed by atoms with van der Waals surface area (Å²) in [5.41, 5.74) is 5.94. The Balaban J connectivity index is 1.32. The molecule has 10 atom stereocenters. The fourth-order valence-electron chi connectivity index (χ4n) is 10.1. The number of fused-ring (bicyclic) bond motifs is 5. The van der Waals surface area contributed by atoms with Gasteiger partial charge in [-0.3, -0.25) is 4.79 Å². The van der Waals surface area contributed by atoms with Gasteiger partial charge in [-0.25, -0.2) is 0 Å². The number of aliphatic hydroxyl groups is 1. The number of carbonyl (C=O) groups excluding carboxylic acids is 1. The summed E-state index contributed by atoms with van der Waals surface area (Å²) in [6.07, 6.45) is 13.4. The number of carbonyl (C=O) groups is 1. The second kappa shape index (κ2) is 13.5. The first-order chi connectivity index (χ1) is 18.6. The van der Waals surface area contributed by atoms with E-state index in [9.17, 15) is 9.90 Å². The molecule has 0 heterocycles. The SMILES string of the molecule is CC(C)OC(=O)CC[C@@H](C)C1CCC2C3CCC4C[C@@H](NCCCNCCCN)CC[C@]4(C)C3C[C@H](O)[C@@]21C. The summed E-state index contributed by atoms with van der Waals surface area (Å²) in [6.45, 7) is 15.1. The van der Waals surface area contributed by atoms with Gasteiger partial charge in [-0.05, 0) is 157 Å². The van der Waals surface area contributed by atoms with Crippen LogP contribution in [0.25, 0.3) is 0 Å². The molecule has 6 nitrogen and oxygen atoms in total. The lowest BCUT2D eigenvalue weighted by Gasteiger charge is -2.62. The number of nitrogens with two attached hydrogens (primary N) is 1. The highest BCUT2D eigenvalue weighted by molar-refractivity contribution is 5.69. The molecule has 4 aliphatic carbocycles. The van der Waals surface area contributed by atoms with Gasteiger partial charge in [0.1, 0.15) is 0 Å². The molecular weight excluding hydrogens is 486 g/mol. The molecule has 0 aromatic rings. The molecule has 0 bridgehead atoms. The van der Waals surface area contributed by atoms with Crippen LogP contribution in [-0.4, -0.2) is 55.5 Å². The number of aliphatic hydroxyl groups excluding tert-OH is 1. The summed E-state index contributed by atoms with van der Waals surface area (Å²) >= 11 is 0. The van der Waals surface area contributed by atoms with Crippen molar-refractivity contribution in [3.8, 4) is 0 Å². The van der Waals surface area contributed by atoms with Crippen LogP contribution in [0.4, 0.5) is 0 Å². The van der Waals surface area contributed by atoms with E-state index in [2.05, 4.69) is 31.4 Å². The van der Waals surface area contributed by atoms with Gasteiger partial charge in [0.15, 0.2) is 0 Å². The van der Waals surface area contributed by atoms with E-state index in [1.807, 2.05) is 13.8 Å². The second-order valence-corrected chi connectivity index (χ2v) is 14.7. The topological polar surface area (TPSA) is 96.6 Å². The maximum atomic E-state index is 12.2. The van der Waals surface area contributed by atoms with Crippen molar-refractivity contribution in [1.82, 2.24) is 10.6 Å². The Morgan fingerprint density at radius 2 is 1.77 bits per heavy atom. The van der Waals surface area contributed by atoms with E-state index in [4.69, 9.17) is 10.5 Å². The molecule has 4 fully saturated rings. The monoisotopic (exact) mass is 547 g/mol. The third-order valence-electron chi connectivity index (χ3n) is 12.2. The Morgan fingerprint density at radius 3 is 2.51 bits per heavy atom. The molecule has 5 unspecified atom stereocenters. The highest BCUT2D eigenvalue weighted by Crippen LogP contribution is 2.68. The molecule has 0 aromatic heterocycles. The minimum absolute atomic E-state index is 0.0112. The molecule has 4 saturated carbocycles. The van der Waals surface area contributed by atoms with Crippen LogP contribution in [0.1, 0.15) is 112 Å². The van der Waals surface area contributed by atoms with Crippen LogP contribution in [0.15, 0.2) is 0 Å². The number of hydrogen-bond acceptors (Lipinski definition) is 6. The number of ether oxygens (including phenoxy) is 1. The molecule has 6 heteroatoms. The minimum Gasteiger partial charge on any atom is -0.463 e. The second-order valence-electron chi connectivity index (χ2n) is 14.7. The zero-order valence-corrected chi connectivity index (χ0v) is 25.9. The summed E-state index contributed by atoms with van der Waals surface area (Å²) < 4.78 is 5.40. The van der Waals surface area contributed by atoms with Crippen molar-refractivity contribution in [3.05, 3.63) is 0 Å². The van der Waals surface area contributed by atoms with Crippen molar-refractivity contribution in [1.29, 1.82) is 0 Å². The number of rotatable bonds is 13. The lowest BCUT2D eigenvalue weighted by Crippen LogP contribution is -2.59. The minimum atomic E-state index is -0.223. The third kappa shape index (κ3) is 6.70. The molecule has 226 valence electrons. The fraction of sp³-hybridized carbons (Fsp3) is 0.970. The van der Waals surface area contributed by atoms with Crippen LogP contribution in [0.2, 0.25) is 0 Å². The normalized spacial score (nSPS) is 40.6. The summed E-state index contributed by atoms with van der Waals surface area (Å²) in [5, 5.41) is 19.2. The van der Waals surface area contributed by atoms with Gasteiger partial charge in [-0.1, -0.05) is 20.8 Å². The van der Waals surface area contributed by atoms with Crippen LogP contribution in [0.5, 0.6) is 0 Å². The van der Waals surface area contributed by atoms with Crippen LogP contribution < -0.4 is 16.4 Å². The highest BCUT2D eigenvalue weighted by atomic mass is 16.5. The predicted molar refractivity (Wildman–Crippen MR) is 159 cm³/mol. The molecule has 4 rings (SSSR count). The van der Waals surface area contributed by atoms with Crippen LogP contribution in [-0.2, 0) is 9.53 Å². The molecule has 0 amide bonds. The molecule has 0 spiro atoms. The van der Waals surface area contributed by atoms with Crippen molar-refractivity contribution < 1.29 is 14.6 Å². The van der Waals surface area contributed by atoms with E-state index >= 15 is 0 Å². The van der Waals surface area contributed by atoms with Gasteiger partial charge < -0.3 is 26.2 Å². The molecular formula is C33H61N3O3. The van der Waals surface area contributed by atoms with E-state index in [1.165, 1.54) is 51.4 Å². The number of nitrogens with one attached hydrogen (secondary N) is 2. The Kier molecular flexibility index (Phi) is 10.8. The lowest BCUT2D eigenvalue weighted by molar-refractivity contribution is -0.170. The van der Waals surface area contributed by atoms with Gasteiger partial charge >= 0.3 is 5.97 Å². The maximum Gasteiger partial charge on any atom is 0.306 e. The number of esters is 1. The van der Waals surface area contributed by atoms with E-state index in [-0.39, 0.29) is 23.6 Å². The average Bonchev–Trinajstić information content (AvgIpc) is 3.26. The van der Waals surface area contributed by atoms with Gasteiger partial charge in [0.05, 0.1) is 12.2 Å². The first kappa shape index (κ1) is 31.3. The van der Waals surface area contributed by atoms with Crippen molar-refractivity contribution in [2.75, 3.05) is 26.2 Å². The van der Waals surface area contributed by atoms with Crippen LogP contribution in [0.3, 0.4) is 0 Å². The van der Waals surface area contributed by atoms with E-state index in [0.717, 1.165) is 57.3 Å². The number of hydrogen-bond donors (Lipinski definition) is 4. The maximum absolute atomic E-state index is 12.2. The summed E-state index contributed by atoms with van der Waals surface area (Å²) in [4.78, 5) is 12.2. The van der Waals surface area contributed by atoms with Crippen LogP contribution >= 0.6 is 0 Å². The molecule has 5 N–H and O–H groups in total. The van der Waals surface area contributed by atoms with Gasteiger partial charge in [0, 0.05) is 12.5 Å². The molecule has 0 saturated heterocycles. The summed E-state index contributed by atoms with van der Waals surface area (Å²) in [7, 11) is 0. The van der Waals surface area contributed by atoms with Gasteiger partial charge in [-0.15, -0.1) is 0 Å². The quantitative estimate of drug-likeness (QED) is 0.185. The Bertz CT molecular complexity index is 792. The van der Waals surface area contributed by atoms with Gasteiger partial charge in [0.2, 0.25) is 0 Å². The predicted octanol–water partition coefficient (Wildman–Crippen LogP) is 5.27. The van der Waals surface area contributed by atoms with Gasteiger partial charge in [0.25, 0.3) is 0 Å². The van der Waals surface area contributed by atoms with Gasteiger partial charge in [-0.2, -0.15) is 0 Å². The van der Waals surface area contributed by atoms with Crippen LogP contribution in [0, 0.1) is 46.3 Å². The van der Waals surface area contributed by atoms with Crippen molar-refractivity contribution in [2.45, 2.75) is 130 Å². The van der Waals surface area contributed by atoms with E-state index < -0.39 is 0 Å². The fourth-order valence-corrected chi connectivity index (χ4v) is 10.1. The molecule has 0 aromatic carbocycles. The zero-order chi connectivity index (χ0) is 28.2. The average molecular weight is 548 g/mol. The van der Waals surface area contributed by atoms with E-state index in [0.29, 0.717) is 41.5 Å². The Morgan fingerprint density at radius 1 is 1.00 bits per heavy atom. The largest absolute Gasteiger partial charge is 0.463 e. The van der Waals surface area contributed by atoms with Crippen molar-refractivity contribution in [2.24, 2.45) is 52.1 Å². The Hall–Kier alpha value is -0.690. The van der Waals surface area contributed by atoms with E-state index in [1.54, 1.807) is 0 Å². The van der Waals surface area contributed by atoms with Crippen molar-refractivity contribution >= 4 is 5.97 Å². The summed E-state index contributed by atoms with van der Waals surface area (Å²) in [6, 6.07) is 0.654. The smallest absolute Gasteiger partial charge is 0.306 e.